The Hall–Kier alpha value is -1.55. The molecule has 0 aliphatic rings. The van der Waals surface area contributed by atoms with Crippen LogP contribution in [0.2, 0.25) is 0 Å². The summed E-state index contributed by atoms with van der Waals surface area (Å²) < 4.78 is 3.25. The topological polar surface area (TPSA) is 47.2 Å². The lowest BCUT2D eigenvalue weighted by atomic mass is 9.83. The maximum atomic E-state index is 11.9. The van der Waals surface area contributed by atoms with Crippen LogP contribution in [0.1, 0.15) is 38.0 Å². The number of rotatable bonds is 1. The zero-order valence-electron chi connectivity index (χ0n) is 12.5. The Morgan fingerprint density at radius 3 is 2.05 bits per heavy atom. The third-order valence-corrected chi connectivity index (χ3v) is 3.77. The number of hydrogen-bond donors (Lipinski definition) is 1. The van der Waals surface area contributed by atoms with Gasteiger partial charge in [-0.25, -0.2) is 4.79 Å². The molecule has 0 amide bonds. The van der Waals surface area contributed by atoms with E-state index in [9.17, 15) is 9.90 Å². The Kier molecular flexibility index (Phi) is 3.09. The van der Waals surface area contributed by atoms with Crippen molar-refractivity contribution in [2.45, 2.75) is 33.8 Å². The van der Waals surface area contributed by atoms with Crippen LogP contribution in [-0.2, 0) is 14.1 Å². The first-order valence-corrected chi connectivity index (χ1v) is 6.48. The summed E-state index contributed by atoms with van der Waals surface area (Å²) in [4.78, 5) is 11.9. The van der Waals surface area contributed by atoms with Gasteiger partial charge in [-0.2, -0.15) is 0 Å². The summed E-state index contributed by atoms with van der Waals surface area (Å²) in [6.07, 6.45) is -0.549. The van der Waals surface area contributed by atoms with Crippen molar-refractivity contribution in [2.24, 2.45) is 19.5 Å². The highest BCUT2D eigenvalue weighted by atomic mass is 16.3. The zero-order valence-corrected chi connectivity index (χ0v) is 12.5. The fraction of sp³-hybridized carbons (Fsp3) is 0.533. The summed E-state index contributed by atoms with van der Waals surface area (Å²) in [7, 11) is 3.53. The molecule has 1 aromatic heterocycles. The smallest absolute Gasteiger partial charge is 0.328 e. The van der Waals surface area contributed by atoms with Gasteiger partial charge in [0.25, 0.3) is 0 Å². The molecule has 104 valence electrons. The van der Waals surface area contributed by atoms with Gasteiger partial charge in [0.2, 0.25) is 0 Å². The van der Waals surface area contributed by atoms with Crippen LogP contribution in [0.3, 0.4) is 0 Å². The summed E-state index contributed by atoms with van der Waals surface area (Å²) in [6.45, 7) is 7.99. The Morgan fingerprint density at radius 2 is 1.58 bits per heavy atom. The second-order valence-corrected chi connectivity index (χ2v) is 6.37. The standard InChI is InChI=1S/C15H22N2O2/c1-9-7-11-12(17(6)14(19)16(11)5)8-10(9)13(18)15(2,3)4/h7-8,13,18H,1-6H3. The van der Waals surface area contributed by atoms with Crippen LogP contribution in [-0.4, -0.2) is 14.2 Å². The molecule has 1 N–H and O–H groups in total. The number of hydrogen-bond acceptors (Lipinski definition) is 2. The van der Waals surface area contributed by atoms with E-state index >= 15 is 0 Å². The third-order valence-electron chi connectivity index (χ3n) is 3.77. The minimum atomic E-state index is -0.549. The van der Waals surface area contributed by atoms with E-state index in [-0.39, 0.29) is 11.1 Å². The van der Waals surface area contributed by atoms with Crippen LogP contribution in [0.15, 0.2) is 16.9 Å². The summed E-state index contributed by atoms with van der Waals surface area (Å²) in [5, 5.41) is 10.5. The predicted octanol–water partition coefficient (Wildman–Crippen LogP) is 2.26. The largest absolute Gasteiger partial charge is 0.388 e. The van der Waals surface area contributed by atoms with Crippen molar-refractivity contribution >= 4 is 11.0 Å². The van der Waals surface area contributed by atoms with Gasteiger partial charge in [0, 0.05) is 14.1 Å². The van der Waals surface area contributed by atoms with E-state index in [0.29, 0.717) is 0 Å². The van der Waals surface area contributed by atoms with Gasteiger partial charge in [-0.15, -0.1) is 0 Å². The predicted molar refractivity (Wildman–Crippen MR) is 77.3 cm³/mol. The van der Waals surface area contributed by atoms with E-state index in [1.54, 1.807) is 23.2 Å². The fourth-order valence-electron chi connectivity index (χ4n) is 2.43. The maximum Gasteiger partial charge on any atom is 0.328 e. The van der Waals surface area contributed by atoms with E-state index in [1.165, 1.54) is 0 Å². The fourth-order valence-corrected chi connectivity index (χ4v) is 2.43. The average Bonchev–Trinajstić information content (AvgIpc) is 2.52. The number of benzene rings is 1. The van der Waals surface area contributed by atoms with E-state index in [4.69, 9.17) is 0 Å². The maximum absolute atomic E-state index is 11.9. The molecule has 1 atom stereocenters. The van der Waals surface area contributed by atoms with Crippen molar-refractivity contribution in [3.8, 4) is 0 Å². The first kappa shape index (κ1) is 13.9. The van der Waals surface area contributed by atoms with Crippen molar-refractivity contribution in [3.05, 3.63) is 33.7 Å². The molecule has 0 aliphatic carbocycles. The summed E-state index contributed by atoms with van der Waals surface area (Å²) in [6, 6.07) is 3.91. The molecular formula is C15H22N2O2. The lowest BCUT2D eigenvalue weighted by Gasteiger charge is -2.27. The van der Waals surface area contributed by atoms with Crippen LogP contribution < -0.4 is 5.69 Å². The highest BCUT2D eigenvalue weighted by Crippen LogP contribution is 2.35. The summed E-state index contributed by atoms with van der Waals surface area (Å²) >= 11 is 0. The highest BCUT2D eigenvalue weighted by molar-refractivity contribution is 5.78. The van der Waals surface area contributed by atoms with Crippen molar-refractivity contribution < 1.29 is 5.11 Å². The molecule has 4 heteroatoms. The van der Waals surface area contributed by atoms with Crippen molar-refractivity contribution in [3.63, 3.8) is 0 Å². The minimum Gasteiger partial charge on any atom is -0.388 e. The van der Waals surface area contributed by atoms with Gasteiger partial charge in [-0.1, -0.05) is 20.8 Å². The number of aryl methyl sites for hydroxylation is 3. The highest BCUT2D eigenvalue weighted by Gasteiger charge is 2.26. The molecular weight excluding hydrogens is 240 g/mol. The zero-order chi connectivity index (χ0) is 14.5. The minimum absolute atomic E-state index is 0.0446. The van der Waals surface area contributed by atoms with Crippen molar-refractivity contribution in [2.75, 3.05) is 0 Å². The molecule has 0 saturated carbocycles. The molecule has 1 heterocycles. The first-order valence-electron chi connectivity index (χ1n) is 6.48. The van der Waals surface area contributed by atoms with Gasteiger partial charge in [0.05, 0.1) is 17.1 Å². The van der Waals surface area contributed by atoms with Gasteiger partial charge in [0.1, 0.15) is 0 Å². The summed E-state index contributed by atoms with van der Waals surface area (Å²) in [5.74, 6) is 0. The van der Waals surface area contributed by atoms with E-state index in [2.05, 4.69) is 0 Å². The molecule has 19 heavy (non-hydrogen) atoms. The molecule has 0 radical (unpaired) electrons. The SMILES string of the molecule is Cc1cc2c(cc1C(O)C(C)(C)C)n(C)c(=O)n2C. The quantitative estimate of drug-likeness (QED) is 0.857. The van der Waals surface area contributed by atoms with Gasteiger partial charge in [-0.3, -0.25) is 9.13 Å². The molecule has 0 aliphatic heterocycles. The first-order chi connectivity index (χ1) is 8.64. The molecule has 0 bridgehead atoms. The second-order valence-electron chi connectivity index (χ2n) is 6.37. The Morgan fingerprint density at radius 1 is 1.11 bits per heavy atom. The molecule has 1 unspecified atom stereocenters. The van der Waals surface area contributed by atoms with E-state index < -0.39 is 6.10 Å². The lowest BCUT2D eigenvalue weighted by Crippen LogP contribution is -2.19. The van der Waals surface area contributed by atoms with Crippen LogP contribution in [0, 0.1) is 12.3 Å². The van der Waals surface area contributed by atoms with Crippen molar-refractivity contribution in [1.82, 2.24) is 9.13 Å². The molecule has 4 nitrogen and oxygen atoms in total. The molecule has 2 aromatic rings. The number of nitrogens with zero attached hydrogens (tertiary/aromatic N) is 2. The van der Waals surface area contributed by atoms with Crippen molar-refractivity contribution in [1.29, 1.82) is 0 Å². The van der Waals surface area contributed by atoms with Gasteiger partial charge in [-0.05, 0) is 35.6 Å². The van der Waals surface area contributed by atoms with Crippen LogP contribution in [0.5, 0.6) is 0 Å². The third kappa shape index (κ3) is 2.10. The molecule has 0 fully saturated rings. The molecule has 0 spiro atoms. The molecule has 1 aromatic carbocycles. The lowest BCUT2D eigenvalue weighted by molar-refractivity contribution is 0.0622. The Labute approximate surface area is 113 Å². The number of aliphatic hydroxyl groups excluding tert-OH is 1. The number of fused-ring (bicyclic) bond motifs is 1. The number of imidazole rings is 1. The number of aromatic nitrogens is 2. The molecule has 0 saturated heterocycles. The summed E-state index contributed by atoms with van der Waals surface area (Å²) in [5.41, 5.74) is 3.38. The monoisotopic (exact) mass is 262 g/mol. The number of aliphatic hydroxyl groups is 1. The Balaban J connectivity index is 2.76. The normalized spacial score (nSPS) is 14.1. The average molecular weight is 262 g/mol. The van der Waals surface area contributed by atoms with Gasteiger partial charge < -0.3 is 5.11 Å². The Bertz CT molecular complexity index is 687. The molecule has 2 rings (SSSR count). The van der Waals surface area contributed by atoms with E-state index in [0.717, 1.165) is 22.2 Å². The second kappa shape index (κ2) is 4.23. The van der Waals surface area contributed by atoms with Crippen LogP contribution >= 0.6 is 0 Å². The van der Waals surface area contributed by atoms with Crippen LogP contribution in [0.4, 0.5) is 0 Å². The van der Waals surface area contributed by atoms with Gasteiger partial charge >= 0.3 is 5.69 Å². The van der Waals surface area contributed by atoms with E-state index in [1.807, 2.05) is 39.8 Å². The van der Waals surface area contributed by atoms with Gasteiger partial charge in [0.15, 0.2) is 0 Å². The van der Waals surface area contributed by atoms with Crippen LogP contribution in [0.25, 0.3) is 11.0 Å².